The summed E-state index contributed by atoms with van der Waals surface area (Å²) in [5.74, 6) is 0. The number of allylic oxidation sites excluding steroid dienone is 1. The molecule has 1 rings (SSSR count). The van der Waals surface area contributed by atoms with E-state index in [1.165, 1.54) is 0 Å². The Morgan fingerprint density at radius 3 is 3.11 bits per heavy atom. The van der Waals surface area contributed by atoms with Gasteiger partial charge in [-0.05, 0) is 5.57 Å². The van der Waals surface area contributed by atoms with Crippen molar-refractivity contribution in [3.63, 3.8) is 0 Å². The second-order valence-electron chi connectivity index (χ2n) is 1.61. The Bertz CT molecular complexity index is 193. The molecule has 0 saturated carbocycles. The molecule has 1 heterocycles. The smallest absolute Gasteiger partial charge is 0.0798 e. The molecule has 0 bridgehead atoms. The number of alkyl halides is 1. The first-order valence-electron chi connectivity index (χ1n) is 2.47. The molecule has 0 saturated heterocycles. The van der Waals surface area contributed by atoms with Crippen LogP contribution >= 0.6 is 27.3 Å². The van der Waals surface area contributed by atoms with E-state index >= 15 is 0 Å². The monoisotopic (exact) mass is 203 g/mol. The van der Waals surface area contributed by atoms with Crippen LogP contribution in [-0.2, 0) is 0 Å². The molecule has 0 fully saturated rings. The van der Waals surface area contributed by atoms with Crippen molar-refractivity contribution >= 4 is 32.8 Å². The maximum absolute atomic E-state index is 4.08. The van der Waals surface area contributed by atoms with E-state index in [1.54, 1.807) is 11.3 Å². The van der Waals surface area contributed by atoms with Gasteiger partial charge in [0, 0.05) is 10.7 Å². The predicted molar refractivity (Wildman–Crippen MR) is 44.9 cm³/mol. The first-order valence-corrected chi connectivity index (χ1v) is 4.53. The van der Waals surface area contributed by atoms with Crippen molar-refractivity contribution < 1.29 is 0 Å². The second kappa shape index (κ2) is 3.13. The van der Waals surface area contributed by atoms with Gasteiger partial charge in [0.2, 0.25) is 0 Å². The van der Waals surface area contributed by atoms with Crippen LogP contribution in [0.3, 0.4) is 0 Å². The highest BCUT2D eigenvalue weighted by atomic mass is 79.9. The van der Waals surface area contributed by atoms with Crippen molar-refractivity contribution in [2.75, 3.05) is 5.33 Å². The van der Waals surface area contributed by atoms with Crippen molar-refractivity contribution in [1.82, 2.24) is 4.98 Å². The van der Waals surface area contributed by atoms with Crippen LogP contribution in [0.4, 0.5) is 0 Å². The Morgan fingerprint density at radius 2 is 2.67 bits per heavy atom. The average molecular weight is 204 g/mol. The minimum Gasteiger partial charge on any atom is -0.245 e. The van der Waals surface area contributed by atoms with Crippen LogP contribution in [0.5, 0.6) is 0 Å². The topological polar surface area (TPSA) is 12.9 Å². The van der Waals surface area contributed by atoms with Gasteiger partial charge in [-0.3, -0.25) is 0 Å². The van der Waals surface area contributed by atoms with Crippen LogP contribution in [0.15, 0.2) is 17.5 Å². The molecular formula is C6H6BrNS. The largest absolute Gasteiger partial charge is 0.245 e. The molecule has 0 spiro atoms. The Hall–Kier alpha value is -0.150. The molecule has 0 atom stereocenters. The van der Waals surface area contributed by atoms with Crippen molar-refractivity contribution in [1.29, 1.82) is 0 Å². The molecule has 1 aromatic rings. The van der Waals surface area contributed by atoms with Gasteiger partial charge in [0.1, 0.15) is 0 Å². The van der Waals surface area contributed by atoms with Crippen molar-refractivity contribution in [3.05, 3.63) is 23.2 Å². The molecule has 0 aliphatic carbocycles. The quantitative estimate of drug-likeness (QED) is 0.674. The number of rotatable bonds is 2. The lowest BCUT2D eigenvalue weighted by molar-refractivity contribution is 1.35. The molecule has 0 aromatic carbocycles. The van der Waals surface area contributed by atoms with Crippen LogP contribution in [-0.4, -0.2) is 10.3 Å². The van der Waals surface area contributed by atoms with Crippen molar-refractivity contribution in [2.24, 2.45) is 0 Å². The SMILES string of the molecule is C=C(CBr)c1cscn1. The molecule has 3 heteroatoms. The lowest BCUT2D eigenvalue weighted by Gasteiger charge is -1.91. The van der Waals surface area contributed by atoms with Crippen LogP contribution < -0.4 is 0 Å². The fraction of sp³-hybridized carbons (Fsp3) is 0.167. The normalized spacial score (nSPS) is 9.44. The standard InChI is InChI=1S/C6H6BrNS/c1-5(2-7)6-3-9-4-8-6/h3-4H,1-2H2. The van der Waals surface area contributed by atoms with E-state index in [0.29, 0.717) is 0 Å². The number of nitrogens with zero attached hydrogens (tertiary/aromatic N) is 1. The van der Waals surface area contributed by atoms with Gasteiger partial charge < -0.3 is 0 Å². The van der Waals surface area contributed by atoms with E-state index in [9.17, 15) is 0 Å². The zero-order valence-corrected chi connectivity index (χ0v) is 7.20. The summed E-state index contributed by atoms with van der Waals surface area (Å²) in [4.78, 5) is 4.08. The molecule has 48 valence electrons. The molecule has 0 aliphatic rings. The van der Waals surface area contributed by atoms with Crippen molar-refractivity contribution in [3.8, 4) is 0 Å². The zero-order chi connectivity index (χ0) is 6.69. The van der Waals surface area contributed by atoms with Gasteiger partial charge in [-0.15, -0.1) is 11.3 Å². The first-order chi connectivity index (χ1) is 4.34. The Balaban J connectivity index is 2.77. The fourth-order valence-electron chi connectivity index (χ4n) is 0.456. The average Bonchev–Trinajstić information content (AvgIpc) is 2.37. The molecule has 0 radical (unpaired) electrons. The fourth-order valence-corrected chi connectivity index (χ4v) is 1.33. The van der Waals surface area contributed by atoms with Gasteiger partial charge in [0.15, 0.2) is 0 Å². The van der Waals surface area contributed by atoms with Crippen molar-refractivity contribution in [2.45, 2.75) is 0 Å². The molecule has 9 heavy (non-hydrogen) atoms. The third-order valence-corrected chi connectivity index (χ3v) is 2.22. The minimum absolute atomic E-state index is 0.802. The van der Waals surface area contributed by atoms with Gasteiger partial charge in [-0.2, -0.15) is 0 Å². The Labute approximate surface area is 66.6 Å². The summed E-state index contributed by atoms with van der Waals surface area (Å²) >= 11 is 4.89. The number of hydrogen-bond acceptors (Lipinski definition) is 2. The van der Waals surface area contributed by atoms with Crippen LogP contribution in [0.1, 0.15) is 5.69 Å². The maximum atomic E-state index is 4.08. The predicted octanol–water partition coefficient (Wildman–Crippen LogP) is 2.55. The van der Waals surface area contributed by atoms with E-state index in [2.05, 4.69) is 27.5 Å². The highest BCUT2D eigenvalue weighted by Gasteiger charge is 1.96. The van der Waals surface area contributed by atoms with Gasteiger partial charge >= 0.3 is 0 Å². The van der Waals surface area contributed by atoms with Gasteiger partial charge in [-0.1, -0.05) is 22.5 Å². The lowest BCUT2D eigenvalue weighted by atomic mass is 10.3. The van der Waals surface area contributed by atoms with E-state index < -0.39 is 0 Å². The summed E-state index contributed by atoms with van der Waals surface area (Å²) in [7, 11) is 0. The lowest BCUT2D eigenvalue weighted by Crippen LogP contribution is -1.80. The highest BCUT2D eigenvalue weighted by Crippen LogP contribution is 2.13. The number of halogens is 1. The number of aromatic nitrogens is 1. The first kappa shape index (κ1) is 6.96. The van der Waals surface area contributed by atoms with Gasteiger partial charge in [-0.25, -0.2) is 4.98 Å². The van der Waals surface area contributed by atoms with Crippen LogP contribution in [0.2, 0.25) is 0 Å². The molecule has 0 N–H and O–H groups in total. The van der Waals surface area contributed by atoms with Crippen LogP contribution in [0, 0.1) is 0 Å². The van der Waals surface area contributed by atoms with E-state index in [-0.39, 0.29) is 0 Å². The molecule has 0 amide bonds. The third kappa shape index (κ3) is 1.63. The summed E-state index contributed by atoms with van der Waals surface area (Å²) in [6.07, 6.45) is 0. The molecule has 1 aromatic heterocycles. The summed E-state index contributed by atoms with van der Waals surface area (Å²) < 4.78 is 0. The summed E-state index contributed by atoms with van der Waals surface area (Å²) in [5.41, 5.74) is 3.84. The summed E-state index contributed by atoms with van der Waals surface area (Å²) in [6, 6.07) is 0. The molecule has 0 unspecified atom stereocenters. The van der Waals surface area contributed by atoms with Gasteiger partial charge in [0.25, 0.3) is 0 Å². The van der Waals surface area contributed by atoms with Crippen LogP contribution in [0.25, 0.3) is 5.57 Å². The van der Waals surface area contributed by atoms with E-state index in [1.807, 2.05) is 10.9 Å². The van der Waals surface area contributed by atoms with Gasteiger partial charge in [0.05, 0.1) is 11.2 Å². The molecule has 0 aliphatic heterocycles. The Morgan fingerprint density at radius 1 is 1.89 bits per heavy atom. The zero-order valence-electron chi connectivity index (χ0n) is 4.80. The Kier molecular flexibility index (Phi) is 2.42. The molecule has 1 nitrogen and oxygen atoms in total. The second-order valence-corrected chi connectivity index (χ2v) is 2.89. The minimum atomic E-state index is 0.802. The highest BCUT2D eigenvalue weighted by molar-refractivity contribution is 9.09. The maximum Gasteiger partial charge on any atom is 0.0798 e. The third-order valence-electron chi connectivity index (χ3n) is 0.956. The molecular weight excluding hydrogens is 198 g/mol. The van der Waals surface area contributed by atoms with E-state index in [0.717, 1.165) is 16.6 Å². The summed E-state index contributed by atoms with van der Waals surface area (Å²) in [5, 5.41) is 2.79. The number of thiazole rings is 1. The number of hydrogen-bond donors (Lipinski definition) is 0. The van der Waals surface area contributed by atoms with E-state index in [4.69, 9.17) is 0 Å². The summed E-state index contributed by atoms with van der Waals surface area (Å²) in [6.45, 7) is 3.81.